The molecular formula is C19H19N3O2S. The van der Waals surface area contributed by atoms with Crippen LogP contribution >= 0.6 is 11.3 Å². The first-order valence-corrected chi connectivity index (χ1v) is 9.32. The van der Waals surface area contributed by atoms with E-state index in [-0.39, 0.29) is 11.8 Å². The van der Waals surface area contributed by atoms with Crippen molar-refractivity contribution in [1.29, 1.82) is 0 Å². The minimum Gasteiger partial charge on any atom is -0.420 e. The van der Waals surface area contributed by atoms with Crippen LogP contribution in [0.2, 0.25) is 0 Å². The van der Waals surface area contributed by atoms with Gasteiger partial charge in [-0.2, -0.15) is 0 Å². The number of aryl methyl sites for hydroxylation is 1. The van der Waals surface area contributed by atoms with Crippen molar-refractivity contribution >= 4 is 17.2 Å². The van der Waals surface area contributed by atoms with E-state index in [1.165, 1.54) is 16.9 Å². The van der Waals surface area contributed by atoms with Gasteiger partial charge in [0.25, 0.3) is 5.91 Å². The Hall–Kier alpha value is -2.47. The van der Waals surface area contributed by atoms with Gasteiger partial charge in [0.2, 0.25) is 11.8 Å². The number of piperidine rings is 1. The summed E-state index contributed by atoms with van der Waals surface area (Å²) in [7, 11) is 0. The molecule has 1 atom stereocenters. The molecule has 4 rings (SSSR count). The number of carbonyl (C=O) groups is 1. The minimum atomic E-state index is 0.0953. The Morgan fingerprint density at radius 3 is 2.84 bits per heavy atom. The van der Waals surface area contributed by atoms with Crippen molar-refractivity contribution in [3.63, 3.8) is 0 Å². The van der Waals surface area contributed by atoms with Crippen LogP contribution in [0, 0.1) is 6.92 Å². The van der Waals surface area contributed by atoms with E-state index < -0.39 is 0 Å². The monoisotopic (exact) mass is 353 g/mol. The lowest BCUT2D eigenvalue weighted by Crippen LogP contribution is -2.38. The molecule has 0 radical (unpaired) electrons. The SMILES string of the molecule is Cc1ccc(-c2nnc(C3CCCN(C(=O)c4cccs4)C3)o2)cc1. The van der Waals surface area contributed by atoms with Gasteiger partial charge in [0.15, 0.2) is 0 Å². The molecule has 0 aliphatic carbocycles. The van der Waals surface area contributed by atoms with E-state index >= 15 is 0 Å². The Kier molecular flexibility index (Phi) is 4.36. The van der Waals surface area contributed by atoms with Gasteiger partial charge in [0.05, 0.1) is 10.8 Å². The quantitative estimate of drug-likeness (QED) is 0.710. The molecular weight excluding hydrogens is 334 g/mol. The second-order valence-electron chi connectivity index (χ2n) is 6.38. The number of benzene rings is 1. The van der Waals surface area contributed by atoms with Crippen LogP contribution in [0.15, 0.2) is 46.2 Å². The van der Waals surface area contributed by atoms with E-state index in [0.29, 0.717) is 18.3 Å². The topological polar surface area (TPSA) is 59.2 Å². The highest BCUT2D eigenvalue weighted by Gasteiger charge is 2.29. The predicted molar refractivity (Wildman–Crippen MR) is 96.7 cm³/mol. The molecule has 1 saturated heterocycles. The van der Waals surface area contributed by atoms with Gasteiger partial charge < -0.3 is 9.32 Å². The Morgan fingerprint density at radius 2 is 2.08 bits per heavy atom. The molecule has 1 unspecified atom stereocenters. The first-order chi connectivity index (χ1) is 12.2. The van der Waals surface area contributed by atoms with Crippen molar-refractivity contribution in [1.82, 2.24) is 15.1 Å². The molecule has 128 valence electrons. The maximum Gasteiger partial charge on any atom is 0.263 e. The van der Waals surface area contributed by atoms with Crippen LogP contribution < -0.4 is 0 Å². The fraction of sp³-hybridized carbons (Fsp3) is 0.316. The average molecular weight is 353 g/mol. The Labute approximate surface area is 150 Å². The lowest BCUT2D eigenvalue weighted by Gasteiger charge is -2.30. The number of hydrogen-bond acceptors (Lipinski definition) is 5. The van der Waals surface area contributed by atoms with E-state index in [9.17, 15) is 4.79 Å². The lowest BCUT2D eigenvalue weighted by molar-refractivity contribution is 0.0703. The smallest absolute Gasteiger partial charge is 0.263 e. The third-order valence-corrected chi connectivity index (χ3v) is 5.39. The largest absolute Gasteiger partial charge is 0.420 e. The second-order valence-corrected chi connectivity index (χ2v) is 7.33. The number of amides is 1. The molecule has 1 amide bonds. The Bertz CT molecular complexity index is 855. The Balaban J connectivity index is 1.50. The van der Waals surface area contributed by atoms with E-state index in [2.05, 4.69) is 10.2 Å². The van der Waals surface area contributed by atoms with E-state index in [1.54, 1.807) is 0 Å². The first-order valence-electron chi connectivity index (χ1n) is 8.44. The zero-order valence-electron chi connectivity index (χ0n) is 14.0. The van der Waals surface area contributed by atoms with Crippen LogP contribution in [0.4, 0.5) is 0 Å². The number of rotatable bonds is 3. The number of nitrogens with zero attached hydrogens (tertiary/aromatic N) is 3. The number of hydrogen-bond donors (Lipinski definition) is 0. The summed E-state index contributed by atoms with van der Waals surface area (Å²) in [4.78, 5) is 15.2. The molecule has 3 heterocycles. The molecule has 1 fully saturated rings. The van der Waals surface area contributed by atoms with Gasteiger partial charge in [-0.25, -0.2) is 0 Å². The number of aromatic nitrogens is 2. The molecule has 1 aliphatic heterocycles. The van der Waals surface area contributed by atoms with Gasteiger partial charge in [-0.3, -0.25) is 4.79 Å². The van der Waals surface area contributed by atoms with Crippen molar-refractivity contribution < 1.29 is 9.21 Å². The molecule has 5 nitrogen and oxygen atoms in total. The van der Waals surface area contributed by atoms with Crippen molar-refractivity contribution in [2.75, 3.05) is 13.1 Å². The molecule has 6 heteroatoms. The maximum absolute atomic E-state index is 12.6. The highest BCUT2D eigenvalue weighted by Crippen LogP contribution is 2.29. The van der Waals surface area contributed by atoms with Gasteiger partial charge in [-0.1, -0.05) is 23.8 Å². The summed E-state index contributed by atoms with van der Waals surface area (Å²) < 4.78 is 5.91. The molecule has 25 heavy (non-hydrogen) atoms. The molecule has 1 aromatic carbocycles. The van der Waals surface area contributed by atoms with Gasteiger partial charge in [0.1, 0.15) is 0 Å². The second kappa shape index (κ2) is 6.80. The van der Waals surface area contributed by atoms with Crippen molar-refractivity contribution in [3.05, 3.63) is 58.1 Å². The fourth-order valence-electron chi connectivity index (χ4n) is 3.13. The molecule has 2 aromatic heterocycles. The van der Waals surface area contributed by atoms with Crippen LogP contribution in [-0.4, -0.2) is 34.1 Å². The van der Waals surface area contributed by atoms with Gasteiger partial charge in [-0.15, -0.1) is 21.5 Å². The molecule has 1 aliphatic rings. The summed E-state index contributed by atoms with van der Waals surface area (Å²) >= 11 is 1.48. The van der Waals surface area contributed by atoms with E-state index in [0.717, 1.165) is 29.8 Å². The Morgan fingerprint density at radius 1 is 1.24 bits per heavy atom. The highest BCUT2D eigenvalue weighted by atomic mass is 32.1. The van der Waals surface area contributed by atoms with Crippen molar-refractivity contribution in [2.45, 2.75) is 25.7 Å². The zero-order chi connectivity index (χ0) is 17.2. The predicted octanol–water partition coefficient (Wildman–Crippen LogP) is 4.13. The van der Waals surface area contributed by atoms with Crippen LogP contribution in [0.5, 0.6) is 0 Å². The molecule has 0 bridgehead atoms. The van der Waals surface area contributed by atoms with Crippen molar-refractivity contribution in [2.24, 2.45) is 0 Å². The molecule has 0 spiro atoms. The van der Waals surface area contributed by atoms with Crippen LogP contribution in [0.25, 0.3) is 11.5 Å². The fourth-order valence-corrected chi connectivity index (χ4v) is 3.82. The zero-order valence-corrected chi connectivity index (χ0v) is 14.8. The van der Waals surface area contributed by atoms with Crippen LogP contribution in [-0.2, 0) is 0 Å². The van der Waals surface area contributed by atoms with Gasteiger partial charge in [0, 0.05) is 18.7 Å². The van der Waals surface area contributed by atoms with Crippen molar-refractivity contribution in [3.8, 4) is 11.5 Å². The van der Waals surface area contributed by atoms with E-state index in [4.69, 9.17) is 4.42 Å². The van der Waals surface area contributed by atoms with Gasteiger partial charge >= 0.3 is 0 Å². The summed E-state index contributed by atoms with van der Waals surface area (Å²) in [6, 6.07) is 11.8. The highest BCUT2D eigenvalue weighted by molar-refractivity contribution is 7.12. The summed E-state index contributed by atoms with van der Waals surface area (Å²) in [5.41, 5.74) is 2.12. The maximum atomic E-state index is 12.6. The minimum absolute atomic E-state index is 0.0953. The van der Waals surface area contributed by atoms with Crippen LogP contribution in [0.3, 0.4) is 0 Å². The summed E-state index contributed by atoms with van der Waals surface area (Å²) in [5, 5.41) is 10.4. The lowest BCUT2D eigenvalue weighted by atomic mass is 9.98. The molecule has 0 N–H and O–H groups in total. The number of thiophene rings is 1. The van der Waals surface area contributed by atoms with Gasteiger partial charge in [-0.05, 0) is 43.3 Å². The molecule has 0 saturated carbocycles. The normalized spacial score (nSPS) is 17.6. The third-order valence-electron chi connectivity index (χ3n) is 4.53. The first kappa shape index (κ1) is 16.0. The number of carbonyl (C=O) groups excluding carboxylic acids is 1. The standard InChI is InChI=1S/C19H19N3O2S/c1-13-6-8-14(9-7-13)17-20-21-18(24-17)15-4-2-10-22(12-15)19(23)16-5-3-11-25-16/h3,5-9,11,15H,2,4,10,12H2,1H3. The summed E-state index contributed by atoms with van der Waals surface area (Å²) in [6.07, 6.45) is 1.91. The third kappa shape index (κ3) is 3.35. The van der Waals surface area contributed by atoms with E-state index in [1.807, 2.05) is 53.6 Å². The summed E-state index contributed by atoms with van der Waals surface area (Å²) in [5.74, 6) is 1.36. The number of likely N-dealkylation sites (tertiary alicyclic amines) is 1. The average Bonchev–Trinajstić information content (AvgIpc) is 3.34. The summed E-state index contributed by atoms with van der Waals surface area (Å²) in [6.45, 7) is 3.46. The van der Waals surface area contributed by atoms with Crippen LogP contribution in [0.1, 0.15) is 39.9 Å². The molecule has 3 aromatic rings.